The van der Waals surface area contributed by atoms with E-state index in [9.17, 15) is 4.39 Å². The molecule has 1 aliphatic rings. The average Bonchev–Trinajstić information content (AvgIpc) is 2.23. The molecule has 1 saturated carbocycles. The smallest absolute Gasteiger partial charge is 0.0965 e. The number of alkyl halides is 1. The van der Waals surface area contributed by atoms with E-state index in [1.807, 2.05) is 24.3 Å². The van der Waals surface area contributed by atoms with Crippen LogP contribution in [0, 0.1) is 5.92 Å². The fraction of sp³-hybridized carbons (Fsp3) is 0.538. The molecular weight excluding hydrogens is 191 g/mol. The molecule has 0 amide bonds. The SMILES string of the molecule is OCc1ccc(C(CF)C2CCC2)cc1. The highest BCUT2D eigenvalue weighted by Crippen LogP contribution is 2.39. The van der Waals surface area contributed by atoms with Gasteiger partial charge in [-0.05, 0) is 29.9 Å². The van der Waals surface area contributed by atoms with E-state index in [4.69, 9.17) is 5.11 Å². The molecule has 0 spiro atoms. The van der Waals surface area contributed by atoms with Gasteiger partial charge < -0.3 is 5.11 Å². The molecule has 1 atom stereocenters. The fourth-order valence-corrected chi connectivity index (χ4v) is 2.20. The third kappa shape index (κ3) is 2.20. The van der Waals surface area contributed by atoms with Crippen LogP contribution in [0.2, 0.25) is 0 Å². The molecule has 0 bridgehead atoms. The lowest BCUT2D eigenvalue weighted by atomic mass is 9.73. The van der Waals surface area contributed by atoms with E-state index in [1.54, 1.807) is 0 Å². The maximum absolute atomic E-state index is 12.9. The van der Waals surface area contributed by atoms with Gasteiger partial charge >= 0.3 is 0 Å². The summed E-state index contributed by atoms with van der Waals surface area (Å²) in [7, 11) is 0. The van der Waals surface area contributed by atoms with Gasteiger partial charge in [0.2, 0.25) is 0 Å². The second-order valence-electron chi connectivity index (χ2n) is 4.35. The van der Waals surface area contributed by atoms with Gasteiger partial charge in [0.25, 0.3) is 0 Å². The van der Waals surface area contributed by atoms with Crippen molar-refractivity contribution >= 4 is 0 Å². The number of aliphatic hydroxyl groups excluding tert-OH is 1. The van der Waals surface area contributed by atoms with E-state index in [1.165, 1.54) is 6.42 Å². The molecule has 2 heteroatoms. The zero-order chi connectivity index (χ0) is 10.7. The summed E-state index contributed by atoms with van der Waals surface area (Å²) in [6.07, 6.45) is 3.57. The quantitative estimate of drug-likeness (QED) is 0.806. The van der Waals surface area contributed by atoms with E-state index >= 15 is 0 Å². The van der Waals surface area contributed by atoms with Crippen LogP contribution in [0.5, 0.6) is 0 Å². The van der Waals surface area contributed by atoms with E-state index in [0.717, 1.165) is 24.0 Å². The van der Waals surface area contributed by atoms with E-state index < -0.39 is 0 Å². The molecule has 0 saturated heterocycles. The number of benzene rings is 1. The van der Waals surface area contributed by atoms with Gasteiger partial charge in [0.05, 0.1) is 13.3 Å². The van der Waals surface area contributed by atoms with Gasteiger partial charge in [-0.15, -0.1) is 0 Å². The summed E-state index contributed by atoms with van der Waals surface area (Å²) in [6.45, 7) is -0.201. The second-order valence-corrected chi connectivity index (χ2v) is 4.35. The average molecular weight is 208 g/mol. The first kappa shape index (κ1) is 10.6. The van der Waals surface area contributed by atoms with Crippen LogP contribution < -0.4 is 0 Å². The number of hydrogen-bond donors (Lipinski definition) is 1. The van der Waals surface area contributed by atoms with E-state index in [-0.39, 0.29) is 19.2 Å². The van der Waals surface area contributed by atoms with Gasteiger partial charge in [-0.25, -0.2) is 0 Å². The van der Waals surface area contributed by atoms with E-state index in [2.05, 4.69) is 0 Å². The van der Waals surface area contributed by atoms with Gasteiger partial charge in [0, 0.05) is 5.92 Å². The van der Waals surface area contributed by atoms with Crippen LogP contribution in [0.25, 0.3) is 0 Å². The van der Waals surface area contributed by atoms with Crippen molar-refractivity contribution in [1.29, 1.82) is 0 Å². The van der Waals surface area contributed by atoms with Gasteiger partial charge in [0.1, 0.15) is 0 Å². The van der Waals surface area contributed by atoms with Gasteiger partial charge in [-0.2, -0.15) is 0 Å². The maximum atomic E-state index is 12.9. The topological polar surface area (TPSA) is 20.2 Å². The summed E-state index contributed by atoms with van der Waals surface area (Å²) >= 11 is 0. The first-order chi connectivity index (χ1) is 7.35. The monoisotopic (exact) mass is 208 g/mol. The standard InChI is InChI=1S/C13H17FO/c14-8-13(11-2-1-3-11)12-6-4-10(9-15)5-7-12/h4-7,11,13,15H,1-3,8-9H2. The largest absolute Gasteiger partial charge is 0.392 e. The predicted octanol–water partition coefficient (Wildman–Crippen LogP) is 3.03. The molecule has 1 N–H and O–H groups in total. The van der Waals surface area contributed by atoms with Crippen molar-refractivity contribution in [3.05, 3.63) is 35.4 Å². The second kappa shape index (κ2) is 4.75. The number of rotatable bonds is 4. The van der Waals surface area contributed by atoms with E-state index in [0.29, 0.717) is 5.92 Å². The number of halogens is 1. The molecule has 2 rings (SSSR count). The molecule has 0 aromatic heterocycles. The zero-order valence-electron chi connectivity index (χ0n) is 8.82. The molecule has 1 aromatic rings. The third-order valence-electron chi connectivity index (χ3n) is 3.48. The van der Waals surface area contributed by atoms with Crippen molar-refractivity contribution < 1.29 is 9.50 Å². The summed E-state index contributed by atoms with van der Waals surface area (Å²) in [5.41, 5.74) is 1.98. The third-order valence-corrected chi connectivity index (χ3v) is 3.48. The number of hydrogen-bond acceptors (Lipinski definition) is 1. The molecule has 82 valence electrons. The summed E-state index contributed by atoms with van der Waals surface area (Å²) in [5, 5.41) is 8.92. The zero-order valence-corrected chi connectivity index (χ0v) is 8.82. The minimum absolute atomic E-state index is 0.0595. The molecule has 1 nitrogen and oxygen atoms in total. The van der Waals surface area contributed by atoms with Crippen molar-refractivity contribution in [3.8, 4) is 0 Å². The molecule has 1 fully saturated rings. The molecule has 1 unspecified atom stereocenters. The summed E-state index contributed by atoms with van der Waals surface area (Å²) < 4.78 is 12.9. The Morgan fingerprint density at radius 1 is 1.27 bits per heavy atom. The molecule has 1 aliphatic carbocycles. The Morgan fingerprint density at radius 2 is 1.93 bits per heavy atom. The molecule has 15 heavy (non-hydrogen) atoms. The van der Waals surface area contributed by atoms with Crippen molar-refractivity contribution in [3.63, 3.8) is 0 Å². The fourth-order valence-electron chi connectivity index (χ4n) is 2.20. The van der Waals surface area contributed by atoms with Crippen LogP contribution in [-0.2, 0) is 6.61 Å². The predicted molar refractivity (Wildman–Crippen MR) is 58.4 cm³/mol. The van der Waals surface area contributed by atoms with Crippen LogP contribution in [0.1, 0.15) is 36.3 Å². The Hall–Kier alpha value is -0.890. The first-order valence-electron chi connectivity index (χ1n) is 5.61. The van der Waals surface area contributed by atoms with Crippen LogP contribution in [0.4, 0.5) is 4.39 Å². The Kier molecular flexibility index (Phi) is 3.37. The highest BCUT2D eigenvalue weighted by molar-refractivity contribution is 5.26. The van der Waals surface area contributed by atoms with Crippen molar-refractivity contribution in [1.82, 2.24) is 0 Å². The minimum atomic E-state index is -0.261. The summed E-state index contributed by atoms with van der Waals surface area (Å²) in [6, 6.07) is 7.68. The maximum Gasteiger partial charge on any atom is 0.0965 e. The van der Waals surface area contributed by atoms with Crippen LogP contribution >= 0.6 is 0 Å². The summed E-state index contributed by atoms with van der Waals surface area (Å²) in [5.74, 6) is 0.612. The van der Waals surface area contributed by atoms with Crippen LogP contribution in [0.15, 0.2) is 24.3 Å². The molecule has 0 aliphatic heterocycles. The molecular formula is C13H17FO. The Balaban J connectivity index is 2.11. The summed E-state index contributed by atoms with van der Waals surface area (Å²) in [4.78, 5) is 0. The first-order valence-corrected chi connectivity index (χ1v) is 5.61. The van der Waals surface area contributed by atoms with Gasteiger partial charge in [0.15, 0.2) is 0 Å². The lowest BCUT2D eigenvalue weighted by molar-refractivity contribution is 0.227. The lowest BCUT2D eigenvalue weighted by Gasteiger charge is -2.32. The molecule has 1 aromatic carbocycles. The highest BCUT2D eigenvalue weighted by atomic mass is 19.1. The lowest BCUT2D eigenvalue weighted by Crippen LogP contribution is -2.21. The minimum Gasteiger partial charge on any atom is -0.392 e. The Labute approximate surface area is 89.9 Å². The van der Waals surface area contributed by atoms with Gasteiger partial charge in [-0.1, -0.05) is 30.7 Å². The van der Waals surface area contributed by atoms with Crippen molar-refractivity contribution in [2.75, 3.05) is 6.67 Å². The Bertz CT molecular complexity index is 303. The van der Waals surface area contributed by atoms with Crippen LogP contribution in [0.3, 0.4) is 0 Å². The normalized spacial score (nSPS) is 18.5. The van der Waals surface area contributed by atoms with Crippen LogP contribution in [-0.4, -0.2) is 11.8 Å². The van der Waals surface area contributed by atoms with Crippen molar-refractivity contribution in [2.24, 2.45) is 5.92 Å². The Morgan fingerprint density at radius 3 is 2.33 bits per heavy atom. The highest BCUT2D eigenvalue weighted by Gasteiger charge is 2.28. The molecule has 0 radical (unpaired) electrons. The number of aliphatic hydroxyl groups is 1. The molecule has 0 heterocycles. The van der Waals surface area contributed by atoms with Gasteiger partial charge in [-0.3, -0.25) is 4.39 Å². The van der Waals surface area contributed by atoms with Crippen molar-refractivity contribution in [2.45, 2.75) is 31.8 Å².